The first kappa shape index (κ1) is 19.9. The number of methoxy groups -OCH3 is 2. The minimum atomic E-state index is -0.0946. The van der Waals surface area contributed by atoms with Crippen molar-refractivity contribution >= 4 is 5.91 Å². The molecule has 0 saturated carbocycles. The van der Waals surface area contributed by atoms with Gasteiger partial charge in [0.25, 0.3) is 5.91 Å². The highest BCUT2D eigenvalue weighted by Crippen LogP contribution is 2.33. The number of amides is 1. The number of hydrogen-bond donors (Lipinski definition) is 0. The highest BCUT2D eigenvalue weighted by Gasteiger charge is 2.32. The van der Waals surface area contributed by atoms with E-state index in [0.717, 1.165) is 22.8 Å². The van der Waals surface area contributed by atoms with Crippen LogP contribution in [0.1, 0.15) is 27.2 Å². The minimum absolute atomic E-state index is 0.0946. The van der Waals surface area contributed by atoms with Gasteiger partial charge in [0.1, 0.15) is 17.3 Å². The van der Waals surface area contributed by atoms with Gasteiger partial charge in [-0.2, -0.15) is 5.10 Å². The molecule has 162 valence electrons. The van der Waals surface area contributed by atoms with Crippen molar-refractivity contribution in [1.29, 1.82) is 0 Å². The van der Waals surface area contributed by atoms with Gasteiger partial charge in [-0.05, 0) is 43.3 Å². The molecule has 0 radical (unpaired) electrons. The maximum atomic E-state index is 13.3. The molecule has 4 aromatic rings. The van der Waals surface area contributed by atoms with Gasteiger partial charge in [-0.15, -0.1) is 0 Å². The number of carbonyl (C=O) groups is 1. The molecule has 1 amide bonds. The molecule has 0 unspecified atom stereocenters. The number of ether oxygens (including phenoxy) is 2. The van der Waals surface area contributed by atoms with Gasteiger partial charge in [0, 0.05) is 24.0 Å². The number of nitrogens with zero attached hydrogens (tertiary/aromatic N) is 4. The number of hydrogen-bond acceptors (Lipinski definition) is 4. The Morgan fingerprint density at radius 1 is 0.969 bits per heavy atom. The molecule has 0 fully saturated rings. The standard InChI is InChI=1S/C25H24N4O3/c1-17-6-8-18(9-7-17)29-24(27-12-4-5-13-27)21-15-28(16-22(21)26-29)25(30)20-11-10-19(31-2)14-23(20)32-3/h4-14H,15-16H2,1-3H3. The first-order valence-electron chi connectivity index (χ1n) is 10.4. The largest absolute Gasteiger partial charge is 0.497 e. The van der Waals surface area contributed by atoms with Crippen LogP contribution in [0.25, 0.3) is 11.5 Å². The summed E-state index contributed by atoms with van der Waals surface area (Å²) < 4.78 is 14.7. The molecule has 1 aliphatic rings. The van der Waals surface area contributed by atoms with E-state index < -0.39 is 0 Å². The van der Waals surface area contributed by atoms with Crippen LogP contribution in [0.2, 0.25) is 0 Å². The maximum Gasteiger partial charge on any atom is 0.258 e. The van der Waals surface area contributed by atoms with E-state index in [1.807, 2.05) is 33.8 Å². The fourth-order valence-electron chi connectivity index (χ4n) is 4.10. The molecule has 0 aliphatic carbocycles. The highest BCUT2D eigenvalue weighted by atomic mass is 16.5. The Kier molecular flexibility index (Phi) is 4.93. The third-order valence-corrected chi connectivity index (χ3v) is 5.78. The summed E-state index contributed by atoms with van der Waals surface area (Å²) in [5, 5.41) is 4.89. The molecule has 3 heterocycles. The lowest BCUT2D eigenvalue weighted by Gasteiger charge is -2.19. The third kappa shape index (κ3) is 3.32. The zero-order valence-electron chi connectivity index (χ0n) is 18.3. The normalized spacial score (nSPS) is 12.7. The van der Waals surface area contributed by atoms with Crippen LogP contribution in [0.15, 0.2) is 67.0 Å². The second-order valence-corrected chi connectivity index (χ2v) is 7.81. The molecular weight excluding hydrogens is 404 g/mol. The van der Waals surface area contributed by atoms with Crippen LogP contribution >= 0.6 is 0 Å². The lowest BCUT2D eigenvalue weighted by Crippen LogP contribution is -2.26. The Morgan fingerprint density at radius 2 is 1.72 bits per heavy atom. The predicted octanol–water partition coefficient (Wildman–Crippen LogP) is 4.14. The van der Waals surface area contributed by atoms with Gasteiger partial charge in [0.05, 0.1) is 44.3 Å². The van der Waals surface area contributed by atoms with Crippen LogP contribution in [-0.4, -0.2) is 39.4 Å². The molecule has 2 aromatic carbocycles. The molecule has 0 atom stereocenters. The van der Waals surface area contributed by atoms with Crippen LogP contribution in [0.5, 0.6) is 11.5 Å². The van der Waals surface area contributed by atoms with E-state index in [9.17, 15) is 4.79 Å². The monoisotopic (exact) mass is 428 g/mol. The van der Waals surface area contributed by atoms with Gasteiger partial charge in [0.2, 0.25) is 0 Å². The summed E-state index contributed by atoms with van der Waals surface area (Å²) in [5.74, 6) is 2.00. The second kappa shape index (κ2) is 7.92. The summed E-state index contributed by atoms with van der Waals surface area (Å²) in [6.45, 7) is 2.98. The number of rotatable bonds is 5. The molecule has 5 rings (SSSR count). The summed E-state index contributed by atoms with van der Waals surface area (Å²) in [6.07, 6.45) is 4.00. The quantitative estimate of drug-likeness (QED) is 0.479. The lowest BCUT2D eigenvalue weighted by molar-refractivity contribution is 0.0745. The van der Waals surface area contributed by atoms with E-state index in [0.29, 0.717) is 30.2 Å². The Morgan fingerprint density at radius 3 is 2.41 bits per heavy atom. The third-order valence-electron chi connectivity index (χ3n) is 5.78. The van der Waals surface area contributed by atoms with Gasteiger partial charge < -0.3 is 18.9 Å². The summed E-state index contributed by atoms with van der Waals surface area (Å²) in [6, 6.07) is 17.5. The Hall–Kier alpha value is -4.00. The fraction of sp³-hybridized carbons (Fsp3) is 0.200. The number of benzene rings is 2. The molecule has 2 aromatic heterocycles. The van der Waals surface area contributed by atoms with Crippen molar-refractivity contribution in [2.45, 2.75) is 20.0 Å². The van der Waals surface area contributed by atoms with E-state index in [4.69, 9.17) is 14.6 Å². The maximum absolute atomic E-state index is 13.3. The van der Waals surface area contributed by atoms with E-state index in [-0.39, 0.29) is 5.91 Å². The van der Waals surface area contributed by atoms with Crippen molar-refractivity contribution in [2.24, 2.45) is 0 Å². The molecule has 7 heteroatoms. The van der Waals surface area contributed by atoms with Crippen molar-refractivity contribution in [3.63, 3.8) is 0 Å². The van der Waals surface area contributed by atoms with Crippen molar-refractivity contribution < 1.29 is 14.3 Å². The highest BCUT2D eigenvalue weighted by molar-refractivity contribution is 5.97. The fourth-order valence-corrected chi connectivity index (χ4v) is 4.10. The number of aryl methyl sites for hydroxylation is 1. The predicted molar refractivity (Wildman–Crippen MR) is 121 cm³/mol. The van der Waals surface area contributed by atoms with Gasteiger partial charge in [0.15, 0.2) is 0 Å². The zero-order chi connectivity index (χ0) is 22.2. The SMILES string of the molecule is COc1ccc(C(=O)N2Cc3nn(-c4ccc(C)cc4)c(-n4cccc4)c3C2)c(OC)c1. The molecule has 32 heavy (non-hydrogen) atoms. The van der Waals surface area contributed by atoms with E-state index in [1.165, 1.54) is 5.56 Å². The average Bonchev–Trinajstić information content (AvgIpc) is 3.55. The molecular formula is C25H24N4O3. The molecule has 7 nitrogen and oxygen atoms in total. The number of aromatic nitrogens is 3. The van der Waals surface area contributed by atoms with Crippen molar-refractivity contribution in [3.05, 3.63) is 89.4 Å². The van der Waals surface area contributed by atoms with Gasteiger partial charge in [-0.3, -0.25) is 4.79 Å². The average molecular weight is 428 g/mol. The minimum Gasteiger partial charge on any atom is -0.497 e. The number of fused-ring (bicyclic) bond motifs is 1. The molecule has 0 N–H and O–H groups in total. The van der Waals surface area contributed by atoms with E-state index in [2.05, 4.69) is 31.2 Å². The first-order valence-corrected chi connectivity index (χ1v) is 10.4. The van der Waals surface area contributed by atoms with Crippen molar-refractivity contribution in [2.75, 3.05) is 14.2 Å². The van der Waals surface area contributed by atoms with Gasteiger partial charge >= 0.3 is 0 Å². The lowest BCUT2D eigenvalue weighted by atomic mass is 10.1. The van der Waals surface area contributed by atoms with Crippen LogP contribution < -0.4 is 9.47 Å². The Balaban J connectivity index is 1.51. The molecule has 0 spiro atoms. The van der Waals surface area contributed by atoms with Crippen molar-refractivity contribution in [3.8, 4) is 23.0 Å². The van der Waals surface area contributed by atoms with Crippen LogP contribution in [0, 0.1) is 6.92 Å². The van der Waals surface area contributed by atoms with Gasteiger partial charge in [-0.1, -0.05) is 17.7 Å². The van der Waals surface area contributed by atoms with E-state index in [1.54, 1.807) is 37.3 Å². The van der Waals surface area contributed by atoms with Crippen LogP contribution in [-0.2, 0) is 13.1 Å². The summed E-state index contributed by atoms with van der Waals surface area (Å²) in [4.78, 5) is 15.1. The molecule has 0 saturated heterocycles. The van der Waals surface area contributed by atoms with E-state index >= 15 is 0 Å². The van der Waals surface area contributed by atoms with Crippen molar-refractivity contribution in [1.82, 2.24) is 19.2 Å². The summed E-state index contributed by atoms with van der Waals surface area (Å²) in [5.41, 5.74) is 4.63. The second-order valence-electron chi connectivity index (χ2n) is 7.81. The van der Waals surface area contributed by atoms with Crippen LogP contribution in [0.3, 0.4) is 0 Å². The zero-order valence-corrected chi connectivity index (χ0v) is 18.3. The molecule has 0 bridgehead atoms. The summed E-state index contributed by atoms with van der Waals surface area (Å²) >= 11 is 0. The number of carbonyl (C=O) groups excluding carboxylic acids is 1. The summed E-state index contributed by atoms with van der Waals surface area (Å²) in [7, 11) is 3.14. The van der Waals surface area contributed by atoms with Gasteiger partial charge in [-0.25, -0.2) is 4.68 Å². The van der Waals surface area contributed by atoms with Crippen LogP contribution in [0.4, 0.5) is 0 Å². The topological polar surface area (TPSA) is 61.5 Å². The Labute approximate surface area is 186 Å². The Bertz CT molecular complexity index is 1270. The molecule has 1 aliphatic heterocycles. The first-order chi connectivity index (χ1) is 15.6. The smallest absolute Gasteiger partial charge is 0.258 e.